The molecule has 5 atom stereocenters. The predicted octanol–water partition coefficient (Wildman–Crippen LogP) is 5.71. The summed E-state index contributed by atoms with van der Waals surface area (Å²) in [6.07, 6.45) is -2.91. The number of aromatic nitrogens is 2. The van der Waals surface area contributed by atoms with E-state index in [2.05, 4.69) is 31.1 Å². The maximum Gasteiger partial charge on any atom is 0.697 e. The van der Waals surface area contributed by atoms with E-state index < -0.39 is 70.8 Å². The molecule has 53 heavy (non-hydrogen) atoms. The zero-order valence-electron chi connectivity index (χ0n) is 31.3. The summed E-state index contributed by atoms with van der Waals surface area (Å²) in [6.45, 7) is 15.9. The number of aliphatic hydroxyl groups is 1. The Morgan fingerprint density at radius 1 is 0.906 bits per heavy atom. The quantitative estimate of drug-likeness (QED) is 0.0924. The molecule has 3 N–H and O–H groups in total. The van der Waals surface area contributed by atoms with Crippen LogP contribution in [-0.4, -0.2) is 66.7 Å². The molecular weight excluding hydrogens is 730 g/mol. The van der Waals surface area contributed by atoms with Gasteiger partial charge < -0.3 is 24.0 Å². The van der Waals surface area contributed by atoms with Crippen molar-refractivity contribution in [1.29, 1.82) is 0 Å². The zero-order valence-corrected chi connectivity index (χ0v) is 34.2. The van der Waals surface area contributed by atoms with E-state index in [1.165, 1.54) is 12.3 Å². The number of nitrogens with one attached hydrogen (secondary N) is 1. The topological polar surface area (TPSA) is 158 Å². The first-order valence-corrected chi connectivity index (χ1v) is 23.4. The summed E-state index contributed by atoms with van der Waals surface area (Å²) in [7, 11) is -9.44. The second kappa shape index (κ2) is 15.6. The van der Waals surface area contributed by atoms with Crippen molar-refractivity contribution < 1.29 is 37.5 Å². The summed E-state index contributed by atoms with van der Waals surface area (Å²) in [4.78, 5) is 40.8. The van der Waals surface area contributed by atoms with Crippen LogP contribution in [0, 0.1) is 0 Å². The number of hydrogen-bond donors (Lipinski definition) is 3. The molecule has 2 heterocycles. The van der Waals surface area contributed by atoms with Gasteiger partial charge in [0.15, 0.2) is 20.6 Å². The minimum absolute atomic E-state index is 0.00326. The van der Waals surface area contributed by atoms with E-state index in [1.807, 2.05) is 94.5 Å². The molecule has 0 spiro atoms. The molecule has 0 saturated carbocycles. The van der Waals surface area contributed by atoms with E-state index in [-0.39, 0.29) is 12.4 Å². The second-order valence-electron chi connectivity index (χ2n) is 15.7. The summed E-state index contributed by atoms with van der Waals surface area (Å²) < 4.78 is 39.5. The number of ether oxygens (including phenoxy) is 1. The third-order valence-corrected chi connectivity index (χ3v) is 20.0. The highest BCUT2D eigenvalue weighted by Crippen LogP contribution is 2.49. The van der Waals surface area contributed by atoms with E-state index in [1.54, 1.807) is 30.3 Å². The number of benzene rings is 3. The van der Waals surface area contributed by atoms with Gasteiger partial charge >= 0.3 is 13.9 Å². The molecule has 3 aromatic carbocycles. The molecule has 1 aromatic heterocycles. The van der Waals surface area contributed by atoms with Crippen LogP contribution in [-0.2, 0) is 22.7 Å². The van der Waals surface area contributed by atoms with Crippen LogP contribution >= 0.6 is 8.25 Å². The number of amides is 1. The molecule has 1 amide bonds. The van der Waals surface area contributed by atoms with E-state index in [0.29, 0.717) is 5.56 Å². The fourth-order valence-corrected chi connectivity index (χ4v) is 12.7. The van der Waals surface area contributed by atoms with Crippen molar-refractivity contribution in [1.82, 2.24) is 9.55 Å². The van der Waals surface area contributed by atoms with Crippen LogP contribution < -0.4 is 21.4 Å². The van der Waals surface area contributed by atoms with Gasteiger partial charge in [0, 0.05) is 16.3 Å². The van der Waals surface area contributed by atoms with Crippen LogP contribution in [0.25, 0.3) is 0 Å². The minimum Gasteiger partial charge on any atom is -0.405 e. The van der Waals surface area contributed by atoms with Crippen molar-refractivity contribution in [3.63, 3.8) is 0 Å². The number of carbonyl (C=O) groups excluding carboxylic acids is 1. The van der Waals surface area contributed by atoms with Crippen LogP contribution in [0.15, 0.2) is 108 Å². The predicted molar refractivity (Wildman–Crippen MR) is 208 cm³/mol. The maximum absolute atomic E-state index is 13.7. The van der Waals surface area contributed by atoms with Crippen LogP contribution in [0.5, 0.6) is 0 Å². The lowest BCUT2D eigenvalue weighted by molar-refractivity contribution is -0.212. The van der Waals surface area contributed by atoms with Gasteiger partial charge in [0.05, 0.1) is 6.61 Å². The molecule has 0 radical (unpaired) electrons. The van der Waals surface area contributed by atoms with Crippen molar-refractivity contribution in [2.45, 2.75) is 88.9 Å². The summed E-state index contributed by atoms with van der Waals surface area (Å²) in [5.41, 5.74) is -0.446. The van der Waals surface area contributed by atoms with Crippen LogP contribution in [0.2, 0.25) is 23.2 Å². The van der Waals surface area contributed by atoms with Crippen molar-refractivity contribution in [3.05, 3.63) is 119 Å². The van der Waals surface area contributed by atoms with Crippen molar-refractivity contribution in [3.8, 4) is 0 Å². The first kappa shape index (κ1) is 40.5. The molecule has 1 aliphatic rings. The number of anilines is 1. The van der Waals surface area contributed by atoms with E-state index in [9.17, 15) is 24.2 Å². The third kappa shape index (κ3) is 8.36. The summed E-state index contributed by atoms with van der Waals surface area (Å²) >= 11 is 0. The van der Waals surface area contributed by atoms with Crippen LogP contribution in [0.4, 0.5) is 5.82 Å². The third-order valence-electron chi connectivity index (χ3n) is 10.1. The number of carbonyl (C=O) groups is 1. The molecule has 1 fully saturated rings. The van der Waals surface area contributed by atoms with E-state index in [0.717, 1.165) is 14.9 Å². The average molecular weight is 779 g/mol. The SMILES string of the molecule is CC(C)(C)[Si](C)(C)O[C@H]1[C@H](n2ccc(NC(=O)c3ccccc3)nc2=O)O[C@H](CO[Si](c2ccccc2)(c2ccccc2)C(C)(C)C)[C@]1(O)O[P+](=O)O. The van der Waals surface area contributed by atoms with Gasteiger partial charge in [-0.3, -0.25) is 9.36 Å². The Bertz CT molecular complexity index is 1920. The number of nitrogens with zero attached hydrogens (tertiary/aromatic N) is 2. The fraction of sp³-hybridized carbons (Fsp3) is 0.395. The molecule has 5 rings (SSSR count). The number of hydrogen-bond acceptors (Lipinski definition) is 9. The summed E-state index contributed by atoms with van der Waals surface area (Å²) in [5, 5.41) is 16.2. The maximum atomic E-state index is 13.7. The van der Waals surface area contributed by atoms with Gasteiger partial charge in [-0.25, -0.2) is 4.79 Å². The monoisotopic (exact) mass is 778 g/mol. The van der Waals surface area contributed by atoms with Crippen molar-refractivity contribution in [2.75, 3.05) is 11.9 Å². The van der Waals surface area contributed by atoms with Gasteiger partial charge in [-0.05, 0) is 51.7 Å². The average Bonchev–Trinajstić information content (AvgIpc) is 3.34. The summed E-state index contributed by atoms with van der Waals surface area (Å²) in [5.74, 6) is -3.02. The van der Waals surface area contributed by atoms with Gasteiger partial charge in [-0.1, -0.05) is 125 Å². The molecule has 0 aliphatic carbocycles. The minimum atomic E-state index is -3.40. The fourth-order valence-electron chi connectivity index (χ4n) is 6.38. The van der Waals surface area contributed by atoms with Crippen molar-refractivity contribution in [2.24, 2.45) is 0 Å². The molecule has 1 aliphatic heterocycles. The molecule has 0 bridgehead atoms. The van der Waals surface area contributed by atoms with Crippen molar-refractivity contribution >= 4 is 47.0 Å². The Balaban J connectivity index is 1.60. The largest absolute Gasteiger partial charge is 0.697 e. The molecule has 1 unspecified atom stereocenters. The molecule has 15 heteroatoms. The lowest BCUT2D eigenvalue weighted by Gasteiger charge is -2.44. The van der Waals surface area contributed by atoms with Crippen LogP contribution in [0.3, 0.4) is 0 Å². The smallest absolute Gasteiger partial charge is 0.405 e. The highest BCUT2D eigenvalue weighted by atomic mass is 31.1. The Hall–Kier alpha value is -3.70. The Kier molecular flexibility index (Phi) is 11.9. The molecule has 282 valence electrons. The highest BCUT2D eigenvalue weighted by Gasteiger charge is 2.66. The van der Waals surface area contributed by atoms with Gasteiger partial charge in [0.25, 0.3) is 20.0 Å². The van der Waals surface area contributed by atoms with Crippen LogP contribution in [0.1, 0.15) is 58.1 Å². The first-order valence-electron chi connectivity index (χ1n) is 17.4. The Morgan fingerprint density at radius 3 is 1.91 bits per heavy atom. The standard InChI is InChI=1S/C38H48N3O9PSi2/c1-36(2,3)52(7,8)49-32-34(41-25-24-31(40-35(41)43)39-33(42)27-18-12-9-13-19-27)48-30(38(32,44)50-51(45)46)26-47-53(37(4,5)6,28-20-14-10-15-21-28)29-22-16-11-17-23-29/h9-25,30,32,34,44H,26H2,1-8H3,(H-,39,40,42,43,45,46)/p+1/t30-,32+,34-,38+/m1/s1. The molecule has 1 saturated heterocycles. The van der Waals surface area contributed by atoms with Gasteiger partial charge in [0.1, 0.15) is 11.9 Å². The second-order valence-corrected chi connectivity index (χ2v) is 25.4. The Labute approximate surface area is 313 Å². The normalized spacial score (nSPS) is 21.3. The molecule has 12 nitrogen and oxygen atoms in total. The highest BCUT2D eigenvalue weighted by molar-refractivity contribution is 7.32. The Morgan fingerprint density at radius 2 is 1.43 bits per heavy atom. The van der Waals surface area contributed by atoms with Gasteiger partial charge in [-0.2, -0.15) is 4.98 Å². The number of rotatable bonds is 12. The van der Waals surface area contributed by atoms with Gasteiger partial charge in [-0.15, -0.1) is 4.89 Å². The lowest BCUT2D eigenvalue weighted by atomic mass is 10.1. The molecule has 4 aromatic rings. The van der Waals surface area contributed by atoms with E-state index in [4.69, 9.17) is 18.1 Å². The van der Waals surface area contributed by atoms with Gasteiger partial charge in [0.2, 0.25) is 0 Å². The molecular formula is C38H49N3O9PSi2+. The first-order chi connectivity index (χ1) is 24.8. The van der Waals surface area contributed by atoms with E-state index >= 15 is 0 Å². The lowest BCUT2D eigenvalue weighted by Crippen LogP contribution is -2.67. The zero-order chi connectivity index (χ0) is 38.8. The summed E-state index contributed by atoms with van der Waals surface area (Å²) in [6, 6.07) is 29.6.